The van der Waals surface area contributed by atoms with Crippen LogP contribution in [-0.4, -0.2) is 19.2 Å². The number of benzene rings is 1. The van der Waals surface area contributed by atoms with Gasteiger partial charge >= 0.3 is 5.97 Å². The summed E-state index contributed by atoms with van der Waals surface area (Å²) in [7, 11) is 0. The predicted octanol–water partition coefficient (Wildman–Crippen LogP) is 1.84. The minimum Gasteiger partial charge on any atom is -0.493 e. The molecule has 0 aromatic heterocycles. The highest BCUT2D eigenvalue weighted by Gasteiger charge is 2.59. The van der Waals surface area contributed by atoms with Gasteiger partial charge in [-0.2, -0.15) is 5.26 Å². The Morgan fingerprint density at radius 1 is 1.61 bits per heavy atom. The van der Waals surface area contributed by atoms with Crippen LogP contribution in [-0.2, 0) is 9.53 Å². The third-order valence-corrected chi connectivity index (χ3v) is 3.66. The van der Waals surface area contributed by atoms with E-state index in [4.69, 9.17) is 14.7 Å². The number of ether oxygens (including phenoxy) is 2. The summed E-state index contributed by atoms with van der Waals surface area (Å²) in [6, 6.07) is 7.49. The van der Waals surface area contributed by atoms with Crippen molar-refractivity contribution in [2.45, 2.75) is 12.8 Å². The van der Waals surface area contributed by atoms with Gasteiger partial charge in [-0.3, -0.25) is 4.79 Å². The minimum atomic E-state index is -0.131. The van der Waals surface area contributed by atoms with Gasteiger partial charge in [0.15, 0.2) is 0 Å². The van der Waals surface area contributed by atoms with Gasteiger partial charge in [0.1, 0.15) is 5.75 Å². The first kappa shape index (κ1) is 11.1. The lowest BCUT2D eigenvalue weighted by atomic mass is 10.0. The predicted molar refractivity (Wildman–Crippen MR) is 63.0 cm³/mol. The Bertz CT molecular complexity index is 546. The molecule has 92 valence electrons. The normalized spacial score (nSPS) is 27.2. The van der Waals surface area contributed by atoms with Crippen LogP contribution in [0.25, 0.3) is 0 Å². The van der Waals surface area contributed by atoms with Gasteiger partial charge in [-0.25, -0.2) is 0 Å². The summed E-state index contributed by atoms with van der Waals surface area (Å²) in [5.41, 5.74) is 1.61. The van der Waals surface area contributed by atoms with Crippen LogP contribution >= 0.6 is 0 Å². The summed E-state index contributed by atoms with van der Waals surface area (Å²) in [4.78, 5) is 11.8. The Kier molecular flexibility index (Phi) is 2.48. The number of nitriles is 1. The van der Waals surface area contributed by atoms with Gasteiger partial charge in [0, 0.05) is 11.8 Å². The molecule has 4 nitrogen and oxygen atoms in total. The summed E-state index contributed by atoms with van der Waals surface area (Å²) >= 11 is 0. The minimum absolute atomic E-state index is 0.0702. The molecule has 1 saturated carbocycles. The highest BCUT2D eigenvalue weighted by Crippen LogP contribution is 2.59. The van der Waals surface area contributed by atoms with Gasteiger partial charge in [-0.05, 0) is 24.6 Å². The van der Waals surface area contributed by atoms with Gasteiger partial charge in [-0.1, -0.05) is 6.07 Å². The molecule has 3 rings (SSSR count). The Balaban J connectivity index is 1.87. The lowest BCUT2D eigenvalue weighted by Crippen LogP contribution is -2.10. The fourth-order valence-electron chi connectivity index (χ4n) is 2.76. The summed E-state index contributed by atoms with van der Waals surface area (Å²) in [5.74, 6) is 0.986. The third-order valence-electron chi connectivity index (χ3n) is 3.66. The van der Waals surface area contributed by atoms with E-state index in [0.29, 0.717) is 18.8 Å². The van der Waals surface area contributed by atoms with Gasteiger partial charge < -0.3 is 9.47 Å². The van der Waals surface area contributed by atoms with E-state index in [1.165, 1.54) is 0 Å². The molecule has 18 heavy (non-hydrogen) atoms. The Hall–Kier alpha value is -2.02. The molecular formula is C14H13NO3. The fourth-order valence-corrected chi connectivity index (χ4v) is 2.76. The Morgan fingerprint density at radius 2 is 2.44 bits per heavy atom. The van der Waals surface area contributed by atoms with E-state index in [-0.39, 0.29) is 23.7 Å². The maximum absolute atomic E-state index is 11.8. The molecule has 0 N–H and O–H groups in total. The number of fused-ring (bicyclic) bond motifs is 3. The first-order valence-electron chi connectivity index (χ1n) is 6.09. The van der Waals surface area contributed by atoms with Crippen LogP contribution in [0.4, 0.5) is 0 Å². The van der Waals surface area contributed by atoms with Crippen LogP contribution in [0.2, 0.25) is 0 Å². The van der Waals surface area contributed by atoms with Crippen LogP contribution in [0.5, 0.6) is 5.75 Å². The molecule has 2 aliphatic rings. The molecule has 4 heteroatoms. The quantitative estimate of drug-likeness (QED) is 0.744. The molecule has 1 fully saturated rings. The highest BCUT2D eigenvalue weighted by atomic mass is 16.5. The average Bonchev–Trinajstić information content (AvgIpc) is 3.13. The fraction of sp³-hybridized carbons (Fsp3) is 0.429. The van der Waals surface area contributed by atoms with E-state index >= 15 is 0 Å². The summed E-state index contributed by atoms with van der Waals surface area (Å²) < 4.78 is 10.7. The Morgan fingerprint density at radius 3 is 3.17 bits per heavy atom. The van der Waals surface area contributed by atoms with Crippen molar-refractivity contribution in [2.24, 2.45) is 11.8 Å². The summed E-state index contributed by atoms with van der Waals surface area (Å²) in [5, 5.41) is 8.85. The van der Waals surface area contributed by atoms with Crippen molar-refractivity contribution in [3.05, 3.63) is 29.3 Å². The molecule has 3 unspecified atom stereocenters. The van der Waals surface area contributed by atoms with Crippen LogP contribution in [0.15, 0.2) is 18.2 Å². The maximum Gasteiger partial charge on any atom is 0.309 e. The molecule has 1 aliphatic heterocycles. The molecule has 0 amide bonds. The maximum atomic E-state index is 11.8. The van der Waals surface area contributed by atoms with Crippen molar-refractivity contribution in [3.63, 3.8) is 0 Å². The number of carbonyl (C=O) groups excluding carboxylic acids is 1. The van der Waals surface area contributed by atoms with Crippen molar-refractivity contribution < 1.29 is 14.3 Å². The van der Waals surface area contributed by atoms with Crippen molar-refractivity contribution in [2.75, 3.05) is 13.2 Å². The van der Waals surface area contributed by atoms with Crippen molar-refractivity contribution in [3.8, 4) is 11.8 Å². The van der Waals surface area contributed by atoms with E-state index < -0.39 is 0 Å². The van der Waals surface area contributed by atoms with Crippen LogP contribution in [0.3, 0.4) is 0 Å². The van der Waals surface area contributed by atoms with Gasteiger partial charge in [0.25, 0.3) is 0 Å². The third kappa shape index (κ3) is 1.55. The number of hydrogen-bond donors (Lipinski definition) is 0. The summed E-state index contributed by atoms with van der Waals surface area (Å²) in [6.07, 6.45) is 0. The lowest BCUT2D eigenvalue weighted by Gasteiger charge is -2.15. The van der Waals surface area contributed by atoms with Gasteiger partial charge in [0.2, 0.25) is 0 Å². The topological polar surface area (TPSA) is 59.3 Å². The standard InChI is InChI=1S/C14H13NO3/c1-2-17-14(16)13-10-7-18-11-5-8(6-15)3-4-9(11)12(10)13/h3-5,10,12-13H,2,7H2,1H3. The first-order chi connectivity index (χ1) is 8.76. The second kappa shape index (κ2) is 4.02. The van der Waals surface area contributed by atoms with Crippen molar-refractivity contribution >= 4 is 5.97 Å². The molecular weight excluding hydrogens is 230 g/mol. The second-order valence-corrected chi connectivity index (χ2v) is 4.64. The second-order valence-electron chi connectivity index (χ2n) is 4.64. The van der Waals surface area contributed by atoms with E-state index in [2.05, 4.69) is 6.07 Å². The zero-order chi connectivity index (χ0) is 12.7. The molecule has 0 bridgehead atoms. The van der Waals surface area contributed by atoms with Crippen molar-refractivity contribution in [1.29, 1.82) is 5.26 Å². The molecule has 0 radical (unpaired) electrons. The van der Waals surface area contributed by atoms with Crippen LogP contribution in [0.1, 0.15) is 24.0 Å². The smallest absolute Gasteiger partial charge is 0.309 e. The Labute approximate surface area is 105 Å². The van der Waals surface area contributed by atoms with Crippen molar-refractivity contribution in [1.82, 2.24) is 0 Å². The van der Waals surface area contributed by atoms with E-state index in [1.807, 2.05) is 13.0 Å². The monoisotopic (exact) mass is 243 g/mol. The first-order valence-corrected chi connectivity index (χ1v) is 6.09. The lowest BCUT2D eigenvalue weighted by molar-refractivity contribution is -0.145. The summed E-state index contributed by atoms with van der Waals surface area (Å²) in [6.45, 7) is 2.76. The number of carbonyl (C=O) groups is 1. The zero-order valence-electron chi connectivity index (χ0n) is 10.1. The molecule has 0 spiro atoms. The van der Waals surface area contributed by atoms with Crippen LogP contribution < -0.4 is 4.74 Å². The van der Waals surface area contributed by atoms with E-state index in [1.54, 1.807) is 12.1 Å². The molecule has 1 aliphatic carbocycles. The highest BCUT2D eigenvalue weighted by molar-refractivity contribution is 5.79. The number of rotatable bonds is 2. The SMILES string of the molecule is CCOC(=O)C1C2COc3cc(C#N)ccc3C21. The number of esters is 1. The molecule has 1 heterocycles. The van der Waals surface area contributed by atoms with E-state index in [0.717, 1.165) is 11.3 Å². The molecule has 0 saturated heterocycles. The number of hydrogen-bond acceptors (Lipinski definition) is 4. The molecule has 1 aromatic rings. The number of nitrogens with zero attached hydrogens (tertiary/aromatic N) is 1. The largest absolute Gasteiger partial charge is 0.493 e. The zero-order valence-corrected chi connectivity index (χ0v) is 10.1. The average molecular weight is 243 g/mol. The molecule has 3 atom stereocenters. The van der Waals surface area contributed by atoms with Gasteiger partial charge in [-0.15, -0.1) is 0 Å². The van der Waals surface area contributed by atoms with Gasteiger partial charge in [0.05, 0.1) is 30.8 Å². The van der Waals surface area contributed by atoms with Crippen LogP contribution in [0, 0.1) is 23.2 Å². The van der Waals surface area contributed by atoms with E-state index in [9.17, 15) is 4.79 Å². The molecule has 1 aromatic carbocycles.